The maximum absolute atomic E-state index is 11.5. The summed E-state index contributed by atoms with van der Waals surface area (Å²) in [5.41, 5.74) is 0. The Balaban J connectivity index is 2.51. The van der Waals surface area contributed by atoms with Crippen LogP contribution in [0.2, 0.25) is 0 Å². The standard InChI is InChI=1S/C9H14BrNO3/c1-14-9(13)11-7-4-2-3-6(7)8(12)5-10/h6-7H,2-5H2,1H3,(H,11,13). The van der Waals surface area contributed by atoms with Crippen LogP contribution >= 0.6 is 15.9 Å². The zero-order valence-corrected chi connectivity index (χ0v) is 9.67. The number of Topliss-reactive ketones (excluding diaryl/α,β-unsaturated/α-hetero) is 1. The molecule has 0 saturated heterocycles. The minimum atomic E-state index is -0.454. The second kappa shape index (κ2) is 5.34. The van der Waals surface area contributed by atoms with Crippen molar-refractivity contribution in [1.82, 2.24) is 5.32 Å². The molecule has 1 saturated carbocycles. The molecule has 2 atom stereocenters. The highest BCUT2D eigenvalue weighted by Crippen LogP contribution is 2.27. The Morgan fingerprint density at radius 3 is 2.79 bits per heavy atom. The molecule has 0 aliphatic heterocycles. The highest BCUT2D eigenvalue weighted by Gasteiger charge is 2.33. The predicted molar refractivity (Wildman–Crippen MR) is 55.5 cm³/mol. The number of halogens is 1. The number of methoxy groups -OCH3 is 1. The fourth-order valence-corrected chi connectivity index (χ4v) is 2.24. The lowest BCUT2D eigenvalue weighted by Crippen LogP contribution is -2.40. The summed E-state index contributed by atoms with van der Waals surface area (Å²) in [7, 11) is 1.33. The number of rotatable bonds is 3. The molecule has 0 aromatic heterocycles. The minimum Gasteiger partial charge on any atom is -0.453 e. The molecule has 1 aliphatic carbocycles. The van der Waals surface area contributed by atoms with Crippen LogP contribution in [0.15, 0.2) is 0 Å². The second-order valence-corrected chi connectivity index (χ2v) is 3.94. The zero-order valence-electron chi connectivity index (χ0n) is 8.09. The van der Waals surface area contributed by atoms with Crippen molar-refractivity contribution in [2.75, 3.05) is 12.4 Å². The van der Waals surface area contributed by atoms with E-state index in [4.69, 9.17) is 0 Å². The molecule has 1 aliphatic rings. The predicted octanol–water partition coefficient (Wildman–Crippen LogP) is 1.48. The summed E-state index contributed by atoms with van der Waals surface area (Å²) in [5.74, 6) is 0.109. The molecule has 0 aromatic carbocycles. The summed E-state index contributed by atoms with van der Waals surface area (Å²) in [6, 6.07) is -0.0486. The minimum absolute atomic E-state index is 0.0477. The van der Waals surface area contributed by atoms with Crippen LogP contribution in [0.5, 0.6) is 0 Å². The van der Waals surface area contributed by atoms with E-state index in [1.54, 1.807) is 0 Å². The lowest BCUT2D eigenvalue weighted by Gasteiger charge is -2.18. The third kappa shape index (κ3) is 2.70. The van der Waals surface area contributed by atoms with Crippen LogP contribution in [-0.4, -0.2) is 30.4 Å². The average Bonchev–Trinajstić information content (AvgIpc) is 2.64. The molecule has 2 unspecified atom stereocenters. The number of nitrogens with one attached hydrogen (secondary N) is 1. The van der Waals surface area contributed by atoms with E-state index in [-0.39, 0.29) is 17.7 Å². The zero-order chi connectivity index (χ0) is 10.6. The van der Waals surface area contributed by atoms with Gasteiger partial charge in [-0.3, -0.25) is 4.79 Å². The maximum Gasteiger partial charge on any atom is 0.407 e. The van der Waals surface area contributed by atoms with Gasteiger partial charge < -0.3 is 10.1 Å². The van der Waals surface area contributed by atoms with Crippen molar-refractivity contribution in [3.63, 3.8) is 0 Å². The summed E-state index contributed by atoms with van der Waals surface area (Å²) < 4.78 is 4.50. The Morgan fingerprint density at radius 1 is 1.50 bits per heavy atom. The fraction of sp³-hybridized carbons (Fsp3) is 0.778. The van der Waals surface area contributed by atoms with E-state index in [1.807, 2.05) is 0 Å². The van der Waals surface area contributed by atoms with Gasteiger partial charge in [-0.05, 0) is 12.8 Å². The van der Waals surface area contributed by atoms with Crippen molar-refractivity contribution in [3.05, 3.63) is 0 Å². The lowest BCUT2D eigenvalue weighted by atomic mass is 10.00. The highest BCUT2D eigenvalue weighted by atomic mass is 79.9. The molecule has 1 fully saturated rings. The lowest BCUT2D eigenvalue weighted by molar-refractivity contribution is -0.120. The van der Waals surface area contributed by atoms with E-state index in [0.29, 0.717) is 5.33 Å². The molecule has 0 radical (unpaired) electrons. The summed E-state index contributed by atoms with van der Waals surface area (Å²) in [6.45, 7) is 0. The Labute approximate surface area is 91.5 Å². The van der Waals surface area contributed by atoms with Crippen LogP contribution in [0.4, 0.5) is 4.79 Å². The van der Waals surface area contributed by atoms with Crippen LogP contribution in [0.3, 0.4) is 0 Å². The Kier molecular flexibility index (Phi) is 4.38. The van der Waals surface area contributed by atoms with Gasteiger partial charge in [-0.2, -0.15) is 0 Å². The van der Waals surface area contributed by atoms with Crippen molar-refractivity contribution in [1.29, 1.82) is 0 Å². The number of alkyl carbamates (subject to hydrolysis) is 1. The maximum atomic E-state index is 11.5. The van der Waals surface area contributed by atoms with Crippen LogP contribution in [0.1, 0.15) is 19.3 Å². The molecule has 14 heavy (non-hydrogen) atoms. The number of ketones is 1. The van der Waals surface area contributed by atoms with Gasteiger partial charge >= 0.3 is 6.09 Å². The largest absolute Gasteiger partial charge is 0.453 e. The van der Waals surface area contributed by atoms with Crippen molar-refractivity contribution in [3.8, 4) is 0 Å². The van der Waals surface area contributed by atoms with E-state index < -0.39 is 6.09 Å². The van der Waals surface area contributed by atoms with E-state index in [9.17, 15) is 9.59 Å². The van der Waals surface area contributed by atoms with Crippen molar-refractivity contribution >= 4 is 27.8 Å². The topological polar surface area (TPSA) is 55.4 Å². The molecular weight excluding hydrogens is 250 g/mol. The first-order valence-corrected chi connectivity index (χ1v) is 5.74. The number of alkyl halides is 1. The Morgan fingerprint density at radius 2 is 2.21 bits per heavy atom. The third-order valence-electron chi connectivity index (χ3n) is 2.55. The van der Waals surface area contributed by atoms with Gasteiger partial charge in [0, 0.05) is 12.0 Å². The Bertz CT molecular complexity index is 232. The highest BCUT2D eigenvalue weighted by molar-refractivity contribution is 9.09. The van der Waals surface area contributed by atoms with Crippen molar-refractivity contribution in [2.45, 2.75) is 25.3 Å². The molecule has 0 bridgehead atoms. The molecule has 1 rings (SSSR count). The van der Waals surface area contributed by atoms with E-state index >= 15 is 0 Å². The summed E-state index contributed by atoms with van der Waals surface area (Å²) in [6.07, 6.45) is 2.25. The number of hydrogen-bond donors (Lipinski definition) is 1. The second-order valence-electron chi connectivity index (χ2n) is 3.38. The molecule has 1 amide bonds. The van der Waals surface area contributed by atoms with Gasteiger partial charge in [-0.25, -0.2) is 4.79 Å². The van der Waals surface area contributed by atoms with Crippen LogP contribution < -0.4 is 5.32 Å². The van der Waals surface area contributed by atoms with Gasteiger partial charge in [0.2, 0.25) is 0 Å². The smallest absolute Gasteiger partial charge is 0.407 e. The van der Waals surface area contributed by atoms with Crippen LogP contribution in [-0.2, 0) is 9.53 Å². The van der Waals surface area contributed by atoms with Crippen molar-refractivity contribution in [2.24, 2.45) is 5.92 Å². The third-order valence-corrected chi connectivity index (χ3v) is 3.10. The molecule has 0 aromatic rings. The Hall–Kier alpha value is -0.580. The fourth-order valence-electron chi connectivity index (χ4n) is 1.83. The summed E-state index contributed by atoms with van der Waals surface area (Å²) in [4.78, 5) is 22.4. The number of amides is 1. The normalized spacial score (nSPS) is 25.9. The van der Waals surface area contributed by atoms with Gasteiger partial charge in [0.05, 0.1) is 12.4 Å². The quantitative estimate of drug-likeness (QED) is 0.785. The van der Waals surface area contributed by atoms with Crippen LogP contribution in [0, 0.1) is 5.92 Å². The van der Waals surface area contributed by atoms with Gasteiger partial charge in [0.1, 0.15) is 5.78 Å². The molecule has 0 heterocycles. The molecule has 4 nitrogen and oxygen atoms in total. The number of ether oxygens (including phenoxy) is 1. The first kappa shape index (κ1) is 11.5. The first-order chi connectivity index (χ1) is 6.69. The van der Waals surface area contributed by atoms with Gasteiger partial charge in [-0.1, -0.05) is 22.4 Å². The molecule has 1 N–H and O–H groups in total. The number of hydrogen-bond acceptors (Lipinski definition) is 3. The SMILES string of the molecule is COC(=O)NC1CCCC1C(=O)CBr. The van der Waals surface area contributed by atoms with E-state index in [2.05, 4.69) is 26.0 Å². The summed E-state index contributed by atoms with van der Waals surface area (Å²) >= 11 is 3.14. The van der Waals surface area contributed by atoms with Crippen molar-refractivity contribution < 1.29 is 14.3 Å². The van der Waals surface area contributed by atoms with Crippen LogP contribution in [0.25, 0.3) is 0 Å². The van der Waals surface area contributed by atoms with Gasteiger partial charge in [-0.15, -0.1) is 0 Å². The van der Waals surface area contributed by atoms with E-state index in [1.165, 1.54) is 7.11 Å². The van der Waals surface area contributed by atoms with Gasteiger partial charge in [0.15, 0.2) is 0 Å². The number of carbonyl (C=O) groups excluding carboxylic acids is 2. The first-order valence-electron chi connectivity index (χ1n) is 4.62. The monoisotopic (exact) mass is 263 g/mol. The average molecular weight is 264 g/mol. The molecule has 0 spiro atoms. The number of carbonyl (C=O) groups is 2. The molecular formula is C9H14BrNO3. The summed E-state index contributed by atoms with van der Waals surface area (Å²) in [5, 5.41) is 3.05. The molecule has 5 heteroatoms. The molecule has 80 valence electrons. The van der Waals surface area contributed by atoms with Gasteiger partial charge in [0.25, 0.3) is 0 Å². The van der Waals surface area contributed by atoms with E-state index in [0.717, 1.165) is 19.3 Å².